The van der Waals surface area contributed by atoms with Crippen LogP contribution in [0.3, 0.4) is 0 Å². The Hall–Kier alpha value is -1.06. The van der Waals surface area contributed by atoms with Crippen LogP contribution in [0.4, 0.5) is 0 Å². The molecule has 1 fully saturated rings. The van der Waals surface area contributed by atoms with Crippen LogP contribution in [0.5, 0.6) is 0 Å². The number of unbranched alkanes of at least 4 members (excludes halogenated alkanes) is 1. The van der Waals surface area contributed by atoms with Crippen LogP contribution in [0, 0.1) is 12.8 Å². The van der Waals surface area contributed by atoms with Gasteiger partial charge in [0.15, 0.2) is 0 Å². The van der Waals surface area contributed by atoms with Gasteiger partial charge in [-0.25, -0.2) is 0 Å². The first-order valence-electron chi connectivity index (χ1n) is 8.24. The fraction of sp³-hybridized carbons (Fsp3) is 0.611. The maximum Gasteiger partial charge on any atom is 0.220 e. The number of halogens is 1. The molecule has 2 atom stereocenters. The van der Waals surface area contributed by atoms with E-state index in [2.05, 4.69) is 36.5 Å². The Kier molecular flexibility index (Phi) is 8.51. The van der Waals surface area contributed by atoms with Crippen molar-refractivity contribution < 1.29 is 4.79 Å². The van der Waals surface area contributed by atoms with Crippen LogP contribution >= 0.6 is 12.4 Å². The summed E-state index contributed by atoms with van der Waals surface area (Å²) in [5, 5.41) is 3.17. The van der Waals surface area contributed by atoms with E-state index in [1.54, 1.807) is 0 Å². The zero-order chi connectivity index (χ0) is 15.1. The molecule has 0 saturated heterocycles. The van der Waals surface area contributed by atoms with Gasteiger partial charge in [-0.2, -0.15) is 0 Å². The molecule has 3 N–H and O–H groups in total. The molecule has 124 valence electrons. The molecule has 1 aliphatic rings. The van der Waals surface area contributed by atoms with Crippen molar-refractivity contribution in [3.63, 3.8) is 0 Å². The number of benzene rings is 1. The predicted molar refractivity (Wildman–Crippen MR) is 94.3 cm³/mol. The van der Waals surface area contributed by atoms with E-state index in [0.717, 1.165) is 32.1 Å². The van der Waals surface area contributed by atoms with E-state index >= 15 is 0 Å². The summed E-state index contributed by atoms with van der Waals surface area (Å²) in [7, 11) is 0. The molecule has 22 heavy (non-hydrogen) atoms. The molecule has 1 aliphatic carbocycles. The lowest BCUT2D eigenvalue weighted by molar-refractivity contribution is -0.122. The third-order valence-corrected chi connectivity index (χ3v) is 4.55. The van der Waals surface area contributed by atoms with E-state index < -0.39 is 0 Å². The van der Waals surface area contributed by atoms with Gasteiger partial charge in [0.2, 0.25) is 5.91 Å². The highest BCUT2D eigenvalue weighted by atomic mass is 35.5. The molecule has 2 rings (SSSR count). The van der Waals surface area contributed by atoms with Crippen molar-refractivity contribution in [1.82, 2.24) is 5.32 Å². The molecule has 0 radical (unpaired) electrons. The number of carbonyl (C=O) groups is 1. The zero-order valence-electron chi connectivity index (χ0n) is 13.5. The summed E-state index contributed by atoms with van der Waals surface area (Å²) in [5.41, 5.74) is 8.40. The molecule has 0 bridgehead atoms. The molecule has 1 aromatic carbocycles. The standard InChI is InChI=1S/C18H28N2O.ClH/c1-14-9-11-15(12-10-14)5-2-3-8-18(21)20-17-7-4-6-16(17)13-19;/h9-12,16-17H,2-8,13,19H2,1H3,(H,20,21);1H. The Morgan fingerprint density at radius 1 is 1.23 bits per heavy atom. The van der Waals surface area contributed by atoms with Crippen LogP contribution < -0.4 is 11.1 Å². The van der Waals surface area contributed by atoms with Gasteiger partial charge in [0.05, 0.1) is 0 Å². The molecular formula is C18H29ClN2O. The molecule has 1 aromatic rings. The third-order valence-electron chi connectivity index (χ3n) is 4.55. The van der Waals surface area contributed by atoms with Crippen LogP contribution in [0.1, 0.15) is 49.7 Å². The number of rotatable bonds is 7. The Balaban J connectivity index is 0.00000242. The molecule has 2 unspecified atom stereocenters. The minimum Gasteiger partial charge on any atom is -0.353 e. The fourth-order valence-electron chi connectivity index (χ4n) is 3.16. The monoisotopic (exact) mass is 324 g/mol. The SMILES string of the molecule is Cc1ccc(CCCCC(=O)NC2CCCC2CN)cc1.Cl. The molecule has 0 aromatic heterocycles. The van der Waals surface area contributed by atoms with Crippen LogP contribution in [-0.2, 0) is 11.2 Å². The second kappa shape index (κ2) is 9.86. The molecule has 0 aliphatic heterocycles. The van der Waals surface area contributed by atoms with Gasteiger partial charge in [-0.15, -0.1) is 12.4 Å². The van der Waals surface area contributed by atoms with Crippen molar-refractivity contribution in [2.75, 3.05) is 6.54 Å². The van der Waals surface area contributed by atoms with E-state index in [0.29, 0.717) is 24.9 Å². The highest BCUT2D eigenvalue weighted by molar-refractivity contribution is 5.85. The largest absolute Gasteiger partial charge is 0.353 e. The summed E-state index contributed by atoms with van der Waals surface area (Å²) in [4.78, 5) is 12.0. The summed E-state index contributed by atoms with van der Waals surface area (Å²) in [6.45, 7) is 2.80. The minimum atomic E-state index is 0. The van der Waals surface area contributed by atoms with E-state index in [9.17, 15) is 4.79 Å². The molecular weight excluding hydrogens is 296 g/mol. The van der Waals surface area contributed by atoms with E-state index in [1.807, 2.05) is 0 Å². The van der Waals surface area contributed by atoms with Gasteiger partial charge in [0.1, 0.15) is 0 Å². The minimum absolute atomic E-state index is 0. The van der Waals surface area contributed by atoms with Gasteiger partial charge >= 0.3 is 0 Å². The Morgan fingerprint density at radius 3 is 2.64 bits per heavy atom. The normalized spacial score (nSPS) is 20.5. The Morgan fingerprint density at radius 2 is 1.95 bits per heavy atom. The lowest BCUT2D eigenvalue weighted by Gasteiger charge is -2.19. The number of hydrogen-bond donors (Lipinski definition) is 2. The summed E-state index contributed by atoms with van der Waals surface area (Å²) >= 11 is 0. The van der Waals surface area contributed by atoms with Crippen LogP contribution in [0.25, 0.3) is 0 Å². The van der Waals surface area contributed by atoms with Crippen LogP contribution in [0.2, 0.25) is 0 Å². The van der Waals surface area contributed by atoms with Crippen LogP contribution in [0.15, 0.2) is 24.3 Å². The van der Waals surface area contributed by atoms with Gasteiger partial charge in [0, 0.05) is 12.5 Å². The average Bonchev–Trinajstić information content (AvgIpc) is 2.92. The number of hydrogen-bond acceptors (Lipinski definition) is 2. The van der Waals surface area contributed by atoms with Crippen molar-refractivity contribution in [3.05, 3.63) is 35.4 Å². The second-order valence-corrected chi connectivity index (χ2v) is 6.29. The first-order valence-corrected chi connectivity index (χ1v) is 8.24. The molecule has 4 heteroatoms. The van der Waals surface area contributed by atoms with Gasteiger partial charge in [-0.3, -0.25) is 4.79 Å². The first kappa shape index (κ1) is 19.0. The molecule has 1 saturated carbocycles. The summed E-state index contributed by atoms with van der Waals surface area (Å²) in [6.07, 6.45) is 7.18. The molecule has 3 nitrogen and oxygen atoms in total. The molecule has 0 spiro atoms. The Labute approximate surface area is 140 Å². The number of nitrogens with one attached hydrogen (secondary N) is 1. The first-order chi connectivity index (χ1) is 10.2. The quantitative estimate of drug-likeness (QED) is 0.755. The van der Waals surface area contributed by atoms with Crippen molar-refractivity contribution in [1.29, 1.82) is 0 Å². The number of carbonyl (C=O) groups excluding carboxylic acids is 1. The van der Waals surface area contributed by atoms with Gasteiger partial charge in [-0.05, 0) is 57.1 Å². The van der Waals surface area contributed by atoms with E-state index in [-0.39, 0.29) is 18.3 Å². The lowest BCUT2D eigenvalue weighted by Crippen LogP contribution is -2.39. The molecule has 0 heterocycles. The van der Waals surface area contributed by atoms with E-state index in [1.165, 1.54) is 17.5 Å². The number of amides is 1. The number of nitrogens with two attached hydrogens (primary N) is 1. The fourth-order valence-corrected chi connectivity index (χ4v) is 3.16. The highest BCUT2D eigenvalue weighted by Gasteiger charge is 2.26. The van der Waals surface area contributed by atoms with Gasteiger partial charge in [-0.1, -0.05) is 36.2 Å². The highest BCUT2D eigenvalue weighted by Crippen LogP contribution is 2.24. The van der Waals surface area contributed by atoms with Crippen molar-refractivity contribution in [2.45, 2.75) is 57.9 Å². The van der Waals surface area contributed by atoms with Crippen molar-refractivity contribution in [2.24, 2.45) is 11.7 Å². The maximum atomic E-state index is 12.0. The van der Waals surface area contributed by atoms with Crippen molar-refractivity contribution in [3.8, 4) is 0 Å². The predicted octanol–water partition coefficient (Wildman–Crippen LogP) is 3.37. The average molecular weight is 325 g/mol. The summed E-state index contributed by atoms with van der Waals surface area (Å²) < 4.78 is 0. The maximum absolute atomic E-state index is 12.0. The van der Waals surface area contributed by atoms with Gasteiger partial charge in [0.25, 0.3) is 0 Å². The summed E-state index contributed by atoms with van der Waals surface area (Å²) in [5.74, 6) is 0.686. The van der Waals surface area contributed by atoms with Crippen molar-refractivity contribution >= 4 is 18.3 Å². The second-order valence-electron chi connectivity index (χ2n) is 6.29. The van der Waals surface area contributed by atoms with Gasteiger partial charge < -0.3 is 11.1 Å². The zero-order valence-corrected chi connectivity index (χ0v) is 14.3. The van der Waals surface area contributed by atoms with Crippen LogP contribution in [-0.4, -0.2) is 18.5 Å². The van der Waals surface area contributed by atoms with E-state index in [4.69, 9.17) is 5.73 Å². The Bertz CT molecular complexity index is 447. The third kappa shape index (κ3) is 5.98. The topological polar surface area (TPSA) is 55.1 Å². The summed E-state index contributed by atoms with van der Waals surface area (Å²) in [6, 6.07) is 8.98. The smallest absolute Gasteiger partial charge is 0.220 e. The molecule has 1 amide bonds. The lowest BCUT2D eigenvalue weighted by atomic mass is 10.0. The number of aryl methyl sites for hydroxylation is 2.